The molecule has 0 saturated carbocycles. The fourth-order valence-electron chi connectivity index (χ4n) is 2.71. The number of halogens is 1. The molecule has 1 aromatic heterocycles. The van der Waals surface area contributed by atoms with Crippen molar-refractivity contribution in [3.05, 3.63) is 24.1 Å². The average Bonchev–Trinajstić information content (AvgIpc) is 2.45. The van der Waals surface area contributed by atoms with Gasteiger partial charge in [0, 0.05) is 33.0 Å². The van der Waals surface area contributed by atoms with Gasteiger partial charge < -0.3 is 14.7 Å². The zero-order valence-electron chi connectivity index (χ0n) is 11.5. The molecule has 0 aromatic carbocycles. The van der Waals surface area contributed by atoms with Crippen molar-refractivity contribution in [2.24, 2.45) is 5.41 Å². The molecule has 1 atom stereocenters. The minimum atomic E-state index is -0.891. The van der Waals surface area contributed by atoms with E-state index in [4.69, 9.17) is 4.74 Å². The maximum Gasteiger partial charge on any atom is 0.311 e. The largest absolute Gasteiger partial charge is 0.481 e. The van der Waals surface area contributed by atoms with Crippen LogP contribution in [0.5, 0.6) is 0 Å². The average molecular weight is 282 g/mol. The van der Waals surface area contributed by atoms with Gasteiger partial charge in [-0.2, -0.15) is 0 Å². The van der Waals surface area contributed by atoms with Crippen LogP contribution in [0.2, 0.25) is 0 Å². The molecule has 1 saturated heterocycles. The molecule has 1 aliphatic heterocycles. The summed E-state index contributed by atoms with van der Waals surface area (Å²) in [6.07, 6.45) is 3.22. The topological polar surface area (TPSA) is 62.7 Å². The molecule has 1 N–H and O–H groups in total. The van der Waals surface area contributed by atoms with Crippen LogP contribution in [0.25, 0.3) is 0 Å². The molecule has 6 heteroatoms. The summed E-state index contributed by atoms with van der Waals surface area (Å²) in [5, 5.41) is 9.55. The predicted molar refractivity (Wildman–Crippen MR) is 72.2 cm³/mol. The van der Waals surface area contributed by atoms with Crippen molar-refractivity contribution in [3.8, 4) is 0 Å². The van der Waals surface area contributed by atoms with Gasteiger partial charge in [0.15, 0.2) is 11.6 Å². The highest BCUT2D eigenvalue weighted by Gasteiger charge is 2.42. The highest BCUT2D eigenvalue weighted by molar-refractivity contribution is 5.76. The van der Waals surface area contributed by atoms with Crippen LogP contribution in [0.4, 0.5) is 10.2 Å². The standard InChI is InChI=1S/C14H19FN2O3/c1-20-9-6-14(13(18)19)5-3-8-17(10-14)12-11(15)4-2-7-16-12/h2,4,7H,3,5-6,8-10H2,1H3,(H,18,19)/t14-/m1/s1. The molecule has 20 heavy (non-hydrogen) atoms. The second-order valence-corrected chi connectivity index (χ2v) is 5.16. The van der Waals surface area contributed by atoms with E-state index in [1.807, 2.05) is 0 Å². The molecule has 1 aromatic rings. The van der Waals surface area contributed by atoms with Crippen molar-refractivity contribution in [1.29, 1.82) is 0 Å². The van der Waals surface area contributed by atoms with E-state index in [1.165, 1.54) is 18.3 Å². The van der Waals surface area contributed by atoms with Crippen LogP contribution in [0.3, 0.4) is 0 Å². The Morgan fingerprint density at radius 2 is 2.45 bits per heavy atom. The molecule has 0 spiro atoms. The molecule has 110 valence electrons. The smallest absolute Gasteiger partial charge is 0.311 e. The lowest BCUT2D eigenvalue weighted by molar-refractivity contribution is -0.150. The Balaban J connectivity index is 2.22. The van der Waals surface area contributed by atoms with Crippen molar-refractivity contribution in [2.75, 3.05) is 31.7 Å². The van der Waals surface area contributed by atoms with E-state index >= 15 is 0 Å². The third-order valence-electron chi connectivity index (χ3n) is 3.85. The number of hydrogen-bond acceptors (Lipinski definition) is 4. The number of aromatic nitrogens is 1. The van der Waals surface area contributed by atoms with E-state index in [9.17, 15) is 14.3 Å². The number of pyridine rings is 1. The van der Waals surface area contributed by atoms with E-state index in [0.717, 1.165) is 0 Å². The number of rotatable bonds is 5. The Morgan fingerprint density at radius 3 is 3.10 bits per heavy atom. The third kappa shape index (κ3) is 2.90. The van der Waals surface area contributed by atoms with Gasteiger partial charge in [0.2, 0.25) is 0 Å². The minimum absolute atomic E-state index is 0.232. The van der Waals surface area contributed by atoms with Crippen LogP contribution in [0.1, 0.15) is 19.3 Å². The monoisotopic (exact) mass is 282 g/mol. The number of ether oxygens (including phenoxy) is 1. The van der Waals surface area contributed by atoms with Crippen molar-refractivity contribution < 1.29 is 19.0 Å². The molecule has 1 fully saturated rings. The summed E-state index contributed by atoms with van der Waals surface area (Å²) < 4.78 is 18.8. The van der Waals surface area contributed by atoms with Crippen LogP contribution >= 0.6 is 0 Å². The van der Waals surface area contributed by atoms with Crippen molar-refractivity contribution >= 4 is 11.8 Å². The normalized spacial score (nSPS) is 22.8. The van der Waals surface area contributed by atoms with Gasteiger partial charge in [-0.1, -0.05) is 0 Å². The Hall–Kier alpha value is -1.69. The second-order valence-electron chi connectivity index (χ2n) is 5.16. The van der Waals surface area contributed by atoms with Crippen molar-refractivity contribution in [3.63, 3.8) is 0 Å². The zero-order chi connectivity index (χ0) is 14.6. The third-order valence-corrected chi connectivity index (χ3v) is 3.85. The van der Waals surface area contributed by atoms with Crippen molar-refractivity contribution in [2.45, 2.75) is 19.3 Å². The summed E-state index contributed by atoms with van der Waals surface area (Å²) in [6, 6.07) is 2.87. The lowest BCUT2D eigenvalue weighted by Gasteiger charge is -2.40. The SMILES string of the molecule is COCC[C@]1(C(=O)O)CCCN(c2ncccc2F)C1. The molecule has 0 aliphatic carbocycles. The van der Waals surface area contributed by atoms with Gasteiger partial charge in [-0.15, -0.1) is 0 Å². The number of carboxylic acid groups (broad SMARTS) is 1. The first-order chi connectivity index (χ1) is 9.59. The van der Waals surface area contributed by atoms with E-state index in [-0.39, 0.29) is 12.4 Å². The molecule has 2 rings (SSSR count). The van der Waals surface area contributed by atoms with Crippen LogP contribution in [0, 0.1) is 11.2 Å². The number of carboxylic acids is 1. The first-order valence-corrected chi connectivity index (χ1v) is 6.67. The molecule has 5 nitrogen and oxygen atoms in total. The fraction of sp³-hybridized carbons (Fsp3) is 0.571. The Morgan fingerprint density at radius 1 is 1.65 bits per heavy atom. The summed E-state index contributed by atoms with van der Waals surface area (Å²) in [6.45, 7) is 1.26. The lowest BCUT2D eigenvalue weighted by Crippen LogP contribution is -2.49. The number of aliphatic carboxylic acids is 1. The Labute approximate surface area is 117 Å². The number of hydrogen-bond donors (Lipinski definition) is 1. The van der Waals surface area contributed by atoms with Gasteiger partial charge in [-0.3, -0.25) is 4.79 Å². The van der Waals surface area contributed by atoms with Crippen LogP contribution in [-0.2, 0) is 9.53 Å². The quantitative estimate of drug-likeness (QED) is 0.894. The van der Waals surface area contributed by atoms with Gasteiger partial charge in [0.1, 0.15) is 0 Å². The second kappa shape index (κ2) is 6.17. The van der Waals surface area contributed by atoms with E-state index in [1.54, 1.807) is 12.0 Å². The Bertz CT molecular complexity index is 483. The molecular formula is C14H19FN2O3. The molecule has 0 unspecified atom stereocenters. The number of nitrogens with zero attached hydrogens (tertiary/aromatic N) is 2. The fourth-order valence-corrected chi connectivity index (χ4v) is 2.71. The Kier molecular flexibility index (Phi) is 4.54. The number of anilines is 1. The maximum absolute atomic E-state index is 13.8. The summed E-state index contributed by atoms with van der Waals surface area (Å²) in [7, 11) is 1.55. The van der Waals surface area contributed by atoms with Gasteiger partial charge in [-0.05, 0) is 31.4 Å². The minimum Gasteiger partial charge on any atom is -0.481 e. The van der Waals surface area contributed by atoms with Crippen LogP contribution in [-0.4, -0.2) is 42.9 Å². The van der Waals surface area contributed by atoms with Crippen LogP contribution < -0.4 is 4.90 Å². The van der Waals surface area contributed by atoms with Gasteiger partial charge >= 0.3 is 5.97 Å². The molecule has 1 aliphatic rings. The molecule has 0 amide bonds. The summed E-state index contributed by atoms with van der Waals surface area (Å²) in [5.41, 5.74) is -0.891. The molecule has 0 bridgehead atoms. The number of carbonyl (C=O) groups is 1. The summed E-state index contributed by atoms with van der Waals surface area (Å²) in [4.78, 5) is 17.4. The van der Waals surface area contributed by atoms with Gasteiger partial charge in [0.05, 0.1) is 5.41 Å². The zero-order valence-corrected chi connectivity index (χ0v) is 11.5. The molecule has 2 heterocycles. The lowest BCUT2D eigenvalue weighted by atomic mass is 9.77. The predicted octanol–water partition coefficient (Wildman–Crippen LogP) is 1.93. The van der Waals surface area contributed by atoms with Gasteiger partial charge in [-0.25, -0.2) is 9.37 Å². The summed E-state index contributed by atoms with van der Waals surface area (Å²) in [5.74, 6) is -1.04. The highest BCUT2D eigenvalue weighted by Crippen LogP contribution is 2.36. The highest BCUT2D eigenvalue weighted by atomic mass is 19.1. The summed E-state index contributed by atoms with van der Waals surface area (Å²) >= 11 is 0. The van der Waals surface area contributed by atoms with E-state index < -0.39 is 17.2 Å². The first-order valence-electron chi connectivity index (χ1n) is 6.67. The first kappa shape index (κ1) is 14.7. The molecular weight excluding hydrogens is 263 g/mol. The maximum atomic E-state index is 13.8. The van der Waals surface area contributed by atoms with E-state index in [2.05, 4.69) is 4.98 Å². The molecule has 0 radical (unpaired) electrons. The van der Waals surface area contributed by atoms with Crippen molar-refractivity contribution in [1.82, 2.24) is 4.98 Å². The van der Waals surface area contributed by atoms with E-state index in [0.29, 0.717) is 32.4 Å². The van der Waals surface area contributed by atoms with Gasteiger partial charge in [0.25, 0.3) is 0 Å². The van der Waals surface area contributed by atoms with Crippen LogP contribution in [0.15, 0.2) is 18.3 Å². The number of methoxy groups -OCH3 is 1. The number of piperidine rings is 1.